The van der Waals surface area contributed by atoms with Gasteiger partial charge in [0.15, 0.2) is 5.17 Å². The van der Waals surface area contributed by atoms with Gasteiger partial charge in [0.25, 0.3) is 10.0 Å². The topological polar surface area (TPSA) is 105 Å². The average Bonchev–Trinajstić information content (AvgIpc) is 3.13. The lowest BCUT2D eigenvalue weighted by atomic mass is 10.2. The quantitative estimate of drug-likeness (QED) is 0.440. The number of anilines is 2. The van der Waals surface area contributed by atoms with Crippen LogP contribution in [-0.4, -0.2) is 37.8 Å². The van der Waals surface area contributed by atoms with Gasteiger partial charge in [-0.25, -0.2) is 0 Å². The van der Waals surface area contributed by atoms with Gasteiger partial charge in [0.1, 0.15) is 11.0 Å². The first-order valence-corrected chi connectivity index (χ1v) is 13.5. The number of hydrogen-bond acceptors (Lipinski definition) is 6. The van der Waals surface area contributed by atoms with Gasteiger partial charge in [-0.05, 0) is 48.5 Å². The van der Waals surface area contributed by atoms with Crippen molar-refractivity contribution >= 4 is 66.1 Å². The lowest BCUT2D eigenvalue weighted by Crippen LogP contribution is -2.33. The fraction of sp³-hybridized carbons (Fsp3) is 0.125. The summed E-state index contributed by atoms with van der Waals surface area (Å²) in [5.41, 5.74) is 0.988. The smallest absolute Gasteiger partial charge is 0.284 e. The number of para-hydroxylation sites is 1. The van der Waals surface area contributed by atoms with Crippen LogP contribution < -0.4 is 15.0 Å². The Hall–Kier alpha value is -3.15. The molecule has 4 rings (SSSR count). The molecule has 0 saturated carbocycles. The molecule has 1 aliphatic rings. The Kier molecular flexibility index (Phi) is 7.58. The van der Waals surface area contributed by atoms with Crippen LogP contribution in [0.5, 0.6) is 5.75 Å². The molecule has 0 aliphatic carbocycles. The Morgan fingerprint density at radius 3 is 2.49 bits per heavy atom. The molecule has 0 radical (unpaired) electrons. The minimum atomic E-state index is -4.09. The summed E-state index contributed by atoms with van der Waals surface area (Å²) in [6.45, 7) is 0. The zero-order chi connectivity index (χ0) is 25.0. The first-order chi connectivity index (χ1) is 16.8. The van der Waals surface area contributed by atoms with Crippen LogP contribution in [0.4, 0.5) is 11.4 Å². The van der Waals surface area contributed by atoms with Crippen LogP contribution in [0.2, 0.25) is 0 Å². The minimum absolute atomic E-state index is 0.00604. The SMILES string of the molecule is COc1cccc(NC(=O)C[C@H]2SC(=NS(=O)(=O)c3ccc(Br)cc3)N(c3ccccc3)C2=O)c1. The van der Waals surface area contributed by atoms with Gasteiger partial charge in [-0.15, -0.1) is 4.40 Å². The van der Waals surface area contributed by atoms with Gasteiger partial charge in [-0.1, -0.05) is 52.0 Å². The Bertz CT molecular complexity index is 1380. The Balaban J connectivity index is 1.61. The summed E-state index contributed by atoms with van der Waals surface area (Å²) < 4.78 is 35.8. The molecule has 1 saturated heterocycles. The molecule has 8 nitrogen and oxygen atoms in total. The number of benzene rings is 3. The summed E-state index contributed by atoms with van der Waals surface area (Å²) in [4.78, 5) is 27.2. The molecule has 3 aromatic carbocycles. The second kappa shape index (κ2) is 10.6. The maximum atomic E-state index is 13.3. The van der Waals surface area contributed by atoms with Gasteiger partial charge in [0.2, 0.25) is 11.8 Å². The molecule has 0 aromatic heterocycles. The van der Waals surface area contributed by atoms with E-state index >= 15 is 0 Å². The van der Waals surface area contributed by atoms with E-state index in [2.05, 4.69) is 25.6 Å². The highest BCUT2D eigenvalue weighted by Gasteiger charge is 2.41. The summed E-state index contributed by atoms with van der Waals surface area (Å²) in [6, 6.07) is 21.5. The van der Waals surface area contributed by atoms with E-state index < -0.39 is 27.1 Å². The first kappa shape index (κ1) is 25.0. The maximum Gasteiger partial charge on any atom is 0.284 e. The number of nitrogens with one attached hydrogen (secondary N) is 1. The van der Waals surface area contributed by atoms with Gasteiger partial charge in [-0.3, -0.25) is 14.5 Å². The van der Waals surface area contributed by atoms with Crippen molar-refractivity contribution in [3.8, 4) is 5.75 Å². The summed E-state index contributed by atoms with van der Waals surface area (Å²) in [5, 5.41) is 1.89. The normalized spacial score (nSPS) is 17.0. The second-order valence-electron chi connectivity index (χ2n) is 7.40. The summed E-state index contributed by atoms with van der Waals surface area (Å²) in [7, 11) is -2.57. The molecular formula is C24H20BrN3O5S2. The molecule has 0 unspecified atom stereocenters. The molecule has 35 heavy (non-hydrogen) atoms. The standard InChI is InChI=1S/C24H20BrN3O5S2/c1-33-19-9-5-6-17(14-19)26-22(29)15-21-23(30)28(18-7-3-2-4-8-18)24(34-21)27-35(31,32)20-12-10-16(25)11-13-20/h2-14,21H,15H2,1H3,(H,26,29)/t21-/m1/s1. The molecule has 1 aliphatic heterocycles. The first-order valence-electron chi connectivity index (χ1n) is 10.4. The van der Waals surface area contributed by atoms with Crippen LogP contribution in [0.25, 0.3) is 0 Å². The van der Waals surface area contributed by atoms with Crippen LogP contribution in [0, 0.1) is 0 Å². The van der Waals surface area contributed by atoms with Crippen LogP contribution in [-0.2, 0) is 19.6 Å². The number of thioether (sulfide) groups is 1. The summed E-state index contributed by atoms with van der Waals surface area (Å²) in [5.74, 6) is -0.238. The number of carbonyl (C=O) groups is 2. The maximum absolute atomic E-state index is 13.3. The van der Waals surface area contributed by atoms with E-state index in [1.165, 1.54) is 24.1 Å². The fourth-order valence-corrected chi connectivity index (χ4v) is 5.92. The highest BCUT2D eigenvalue weighted by atomic mass is 79.9. The molecule has 0 bridgehead atoms. The minimum Gasteiger partial charge on any atom is -0.497 e. The number of nitrogens with zero attached hydrogens (tertiary/aromatic N) is 2. The number of amidine groups is 1. The van der Waals surface area contributed by atoms with Crippen molar-refractivity contribution in [3.05, 3.63) is 83.3 Å². The van der Waals surface area contributed by atoms with E-state index in [0.717, 1.165) is 16.2 Å². The van der Waals surface area contributed by atoms with Gasteiger partial charge in [0.05, 0.1) is 17.7 Å². The van der Waals surface area contributed by atoms with Crippen LogP contribution >= 0.6 is 27.7 Å². The fourth-order valence-electron chi connectivity index (χ4n) is 3.32. The number of ether oxygens (including phenoxy) is 1. The summed E-state index contributed by atoms with van der Waals surface area (Å²) >= 11 is 4.22. The number of methoxy groups -OCH3 is 1. The predicted molar refractivity (Wildman–Crippen MR) is 140 cm³/mol. The van der Waals surface area contributed by atoms with E-state index in [-0.39, 0.29) is 16.5 Å². The van der Waals surface area contributed by atoms with E-state index in [1.54, 1.807) is 66.7 Å². The number of hydrogen-bond donors (Lipinski definition) is 1. The molecule has 0 spiro atoms. The molecule has 1 fully saturated rings. The Labute approximate surface area is 215 Å². The molecule has 1 heterocycles. The number of carbonyl (C=O) groups excluding carboxylic acids is 2. The van der Waals surface area contributed by atoms with Crippen molar-refractivity contribution in [2.24, 2.45) is 4.40 Å². The van der Waals surface area contributed by atoms with Crippen LogP contribution in [0.1, 0.15) is 6.42 Å². The lowest BCUT2D eigenvalue weighted by molar-refractivity contribution is -0.121. The molecule has 11 heteroatoms. The second-order valence-corrected chi connectivity index (χ2v) is 11.1. The van der Waals surface area contributed by atoms with Crippen molar-refractivity contribution in [3.63, 3.8) is 0 Å². The molecule has 1 atom stereocenters. The van der Waals surface area contributed by atoms with Crippen LogP contribution in [0.15, 0.2) is 92.6 Å². The van der Waals surface area contributed by atoms with Crippen molar-refractivity contribution in [2.75, 3.05) is 17.3 Å². The molecule has 1 N–H and O–H groups in total. The molecule has 3 aromatic rings. The monoisotopic (exact) mass is 573 g/mol. The number of sulfonamides is 1. The number of halogens is 1. The third-order valence-electron chi connectivity index (χ3n) is 4.98. The van der Waals surface area contributed by atoms with E-state index in [4.69, 9.17) is 4.74 Å². The predicted octanol–water partition coefficient (Wildman–Crippen LogP) is 4.68. The van der Waals surface area contributed by atoms with Crippen molar-refractivity contribution in [2.45, 2.75) is 16.6 Å². The molecule has 180 valence electrons. The van der Waals surface area contributed by atoms with E-state index in [9.17, 15) is 18.0 Å². The van der Waals surface area contributed by atoms with E-state index in [0.29, 0.717) is 17.1 Å². The average molecular weight is 574 g/mol. The summed E-state index contributed by atoms with van der Waals surface area (Å²) in [6.07, 6.45) is -0.165. The highest BCUT2D eigenvalue weighted by Crippen LogP contribution is 2.35. The van der Waals surface area contributed by atoms with Crippen LogP contribution in [0.3, 0.4) is 0 Å². The largest absolute Gasteiger partial charge is 0.497 e. The van der Waals surface area contributed by atoms with Crippen molar-refractivity contribution < 1.29 is 22.7 Å². The van der Waals surface area contributed by atoms with Crippen molar-refractivity contribution in [1.29, 1.82) is 0 Å². The lowest BCUT2D eigenvalue weighted by Gasteiger charge is -2.16. The van der Waals surface area contributed by atoms with Crippen molar-refractivity contribution in [1.82, 2.24) is 0 Å². The number of amides is 2. The number of rotatable bonds is 7. The third kappa shape index (κ3) is 5.92. The zero-order valence-electron chi connectivity index (χ0n) is 18.4. The van der Waals surface area contributed by atoms with Gasteiger partial charge in [-0.2, -0.15) is 8.42 Å². The van der Waals surface area contributed by atoms with Gasteiger partial charge < -0.3 is 10.1 Å². The van der Waals surface area contributed by atoms with Gasteiger partial charge in [0, 0.05) is 22.6 Å². The van der Waals surface area contributed by atoms with E-state index in [1.807, 2.05) is 0 Å². The highest BCUT2D eigenvalue weighted by molar-refractivity contribution is 9.10. The zero-order valence-corrected chi connectivity index (χ0v) is 21.6. The Morgan fingerprint density at radius 1 is 1.09 bits per heavy atom. The molecular weight excluding hydrogens is 554 g/mol. The Morgan fingerprint density at radius 2 is 1.80 bits per heavy atom. The van der Waals surface area contributed by atoms with Gasteiger partial charge >= 0.3 is 0 Å². The third-order valence-corrected chi connectivity index (χ3v) is 8.05. The molecule has 2 amide bonds.